The first-order chi connectivity index (χ1) is 16.3. The molecule has 3 amide bonds. The van der Waals surface area contributed by atoms with Crippen molar-refractivity contribution in [1.82, 2.24) is 30.7 Å². The smallest absolute Gasteiger partial charge is 0.330 e. The van der Waals surface area contributed by atoms with Crippen molar-refractivity contribution >= 4 is 22.0 Å². The van der Waals surface area contributed by atoms with Crippen LogP contribution in [0.2, 0.25) is 0 Å². The largest absolute Gasteiger partial charge is 0.333 e. The molecular formula is C23H28N6O4S. The zero-order chi connectivity index (χ0) is 24.7. The van der Waals surface area contributed by atoms with Crippen molar-refractivity contribution in [2.24, 2.45) is 0 Å². The summed E-state index contributed by atoms with van der Waals surface area (Å²) in [4.78, 5) is 24.7. The third-order valence-electron chi connectivity index (χ3n) is 5.25. The van der Waals surface area contributed by atoms with Gasteiger partial charge in [-0.25, -0.2) is 18.6 Å². The second kappa shape index (κ2) is 10.9. The van der Waals surface area contributed by atoms with E-state index < -0.39 is 28.0 Å². The van der Waals surface area contributed by atoms with Crippen LogP contribution in [0.5, 0.6) is 0 Å². The van der Waals surface area contributed by atoms with Gasteiger partial charge in [-0.05, 0) is 30.7 Å². The molecule has 0 unspecified atom stereocenters. The topological polar surface area (TPSA) is 136 Å². The first-order valence-electron chi connectivity index (χ1n) is 10.8. The zero-order valence-electron chi connectivity index (χ0n) is 19.2. The predicted molar refractivity (Wildman–Crippen MR) is 128 cm³/mol. The second-order valence-electron chi connectivity index (χ2n) is 7.47. The van der Waals surface area contributed by atoms with Gasteiger partial charge in [-0.3, -0.25) is 15.3 Å². The first-order valence-corrected chi connectivity index (χ1v) is 12.3. The molecule has 3 rings (SSSR count). The van der Waals surface area contributed by atoms with E-state index in [4.69, 9.17) is 0 Å². The average molecular weight is 485 g/mol. The lowest BCUT2D eigenvalue weighted by molar-refractivity contribution is 0.0931. The van der Waals surface area contributed by atoms with Gasteiger partial charge in [0.15, 0.2) is 0 Å². The number of carbonyl (C=O) groups is 2. The fourth-order valence-corrected chi connectivity index (χ4v) is 4.79. The molecule has 0 aliphatic heterocycles. The van der Waals surface area contributed by atoms with Gasteiger partial charge in [-0.15, -0.1) is 0 Å². The van der Waals surface area contributed by atoms with E-state index in [0.717, 1.165) is 5.56 Å². The molecule has 3 aromatic rings. The van der Waals surface area contributed by atoms with Crippen LogP contribution in [-0.2, 0) is 10.0 Å². The highest BCUT2D eigenvalue weighted by atomic mass is 32.2. The van der Waals surface area contributed by atoms with Crippen LogP contribution in [0, 0.1) is 0 Å². The number of amides is 3. The maximum Gasteiger partial charge on any atom is 0.333 e. The molecular weight excluding hydrogens is 456 g/mol. The van der Waals surface area contributed by atoms with Gasteiger partial charge in [0.1, 0.15) is 5.69 Å². The van der Waals surface area contributed by atoms with Crippen LogP contribution in [0.4, 0.5) is 4.79 Å². The predicted octanol–water partition coefficient (Wildman–Crippen LogP) is 2.81. The number of aromatic amines is 1. The molecule has 0 aliphatic carbocycles. The van der Waals surface area contributed by atoms with Gasteiger partial charge >= 0.3 is 6.03 Å². The van der Waals surface area contributed by atoms with Crippen LogP contribution < -0.4 is 16.2 Å². The summed E-state index contributed by atoms with van der Waals surface area (Å²) < 4.78 is 26.6. The Labute approximate surface area is 198 Å². The molecule has 2 aromatic carbocycles. The molecule has 34 heavy (non-hydrogen) atoms. The number of hydrogen-bond acceptors (Lipinski definition) is 5. The Morgan fingerprint density at radius 1 is 1.00 bits per heavy atom. The molecule has 1 heterocycles. The van der Waals surface area contributed by atoms with E-state index >= 15 is 0 Å². The monoisotopic (exact) mass is 484 g/mol. The number of rotatable bonds is 8. The van der Waals surface area contributed by atoms with Crippen LogP contribution in [0.15, 0.2) is 65.6 Å². The van der Waals surface area contributed by atoms with E-state index in [1.165, 1.54) is 16.4 Å². The van der Waals surface area contributed by atoms with Crippen molar-refractivity contribution in [3.63, 3.8) is 0 Å². The van der Waals surface area contributed by atoms with E-state index in [1.807, 2.05) is 30.3 Å². The van der Waals surface area contributed by atoms with Crippen molar-refractivity contribution in [2.45, 2.75) is 31.7 Å². The number of nitrogens with one attached hydrogen (secondary N) is 4. The normalized spacial score (nSPS) is 12.2. The molecule has 4 N–H and O–H groups in total. The van der Waals surface area contributed by atoms with Crippen LogP contribution >= 0.6 is 0 Å². The molecule has 1 atom stereocenters. The molecule has 11 heteroatoms. The van der Waals surface area contributed by atoms with E-state index in [-0.39, 0.29) is 10.6 Å². The Morgan fingerprint density at radius 3 is 2.26 bits per heavy atom. The van der Waals surface area contributed by atoms with Crippen molar-refractivity contribution < 1.29 is 18.0 Å². The van der Waals surface area contributed by atoms with Crippen molar-refractivity contribution in [1.29, 1.82) is 0 Å². The number of sulfonamides is 1. The van der Waals surface area contributed by atoms with Crippen molar-refractivity contribution in [3.05, 3.63) is 71.9 Å². The number of H-pyrrole nitrogens is 1. The Balaban J connectivity index is 1.54. The fourth-order valence-electron chi connectivity index (χ4n) is 3.33. The van der Waals surface area contributed by atoms with Crippen LogP contribution in [-0.4, -0.2) is 47.9 Å². The summed E-state index contributed by atoms with van der Waals surface area (Å²) in [5.74, 6) is -0.552. The van der Waals surface area contributed by atoms with Crippen LogP contribution in [0.25, 0.3) is 11.3 Å². The molecule has 0 aliphatic rings. The summed E-state index contributed by atoms with van der Waals surface area (Å²) in [6.45, 7) is 6.09. The quantitative estimate of drug-likeness (QED) is 0.365. The zero-order valence-corrected chi connectivity index (χ0v) is 20.0. The van der Waals surface area contributed by atoms with Crippen molar-refractivity contribution in [3.8, 4) is 11.3 Å². The molecule has 0 fully saturated rings. The number of hydrogen-bond donors (Lipinski definition) is 4. The second-order valence-corrected chi connectivity index (χ2v) is 9.40. The van der Waals surface area contributed by atoms with E-state index in [2.05, 4.69) is 26.4 Å². The Morgan fingerprint density at radius 2 is 1.65 bits per heavy atom. The number of carbonyl (C=O) groups excluding carboxylic acids is 2. The molecule has 0 bridgehead atoms. The lowest BCUT2D eigenvalue weighted by Gasteiger charge is -2.19. The molecule has 10 nitrogen and oxygen atoms in total. The summed E-state index contributed by atoms with van der Waals surface area (Å²) in [5, 5.41) is 9.44. The number of nitrogens with zero attached hydrogens (tertiary/aromatic N) is 2. The summed E-state index contributed by atoms with van der Waals surface area (Å²) in [6, 6.07) is 16.2. The number of urea groups is 1. The van der Waals surface area contributed by atoms with Crippen LogP contribution in [0.3, 0.4) is 0 Å². The Hall–Kier alpha value is -3.70. The minimum Gasteiger partial charge on any atom is -0.330 e. The molecule has 0 radical (unpaired) electrons. The maximum atomic E-state index is 12.6. The minimum absolute atomic E-state index is 0.192. The van der Waals surface area contributed by atoms with Gasteiger partial charge < -0.3 is 5.32 Å². The molecule has 0 spiro atoms. The highest BCUT2D eigenvalue weighted by Gasteiger charge is 2.22. The minimum atomic E-state index is -3.55. The SMILES string of the molecule is CCN(CC)S(=O)(=O)c1ccc([C@@H](C)NC(=O)NNC(=O)c2cc(-c3ccccc3)n[nH]2)cc1. The van der Waals surface area contributed by atoms with Gasteiger partial charge in [-0.2, -0.15) is 9.40 Å². The van der Waals surface area contributed by atoms with E-state index in [1.54, 1.807) is 39.0 Å². The number of benzene rings is 2. The van der Waals surface area contributed by atoms with Gasteiger partial charge in [0.25, 0.3) is 5.91 Å². The third-order valence-corrected chi connectivity index (χ3v) is 7.32. The van der Waals surface area contributed by atoms with Crippen molar-refractivity contribution in [2.75, 3.05) is 13.1 Å². The Bertz CT molecular complexity index is 1220. The van der Waals surface area contributed by atoms with Crippen LogP contribution in [0.1, 0.15) is 42.9 Å². The number of aromatic nitrogens is 2. The molecule has 0 saturated carbocycles. The highest BCUT2D eigenvalue weighted by molar-refractivity contribution is 7.89. The van der Waals surface area contributed by atoms with E-state index in [9.17, 15) is 18.0 Å². The summed E-state index contributed by atoms with van der Waals surface area (Å²) in [7, 11) is -3.55. The molecule has 180 valence electrons. The van der Waals surface area contributed by atoms with Gasteiger partial charge in [0.05, 0.1) is 16.6 Å². The summed E-state index contributed by atoms with van der Waals surface area (Å²) in [6.07, 6.45) is 0. The first kappa shape index (κ1) is 24.9. The van der Waals surface area contributed by atoms with E-state index in [0.29, 0.717) is 24.3 Å². The standard InChI is InChI=1S/C23H28N6O4S/c1-4-29(5-2)34(32,33)19-13-11-17(12-14-19)16(3)24-23(31)28-27-22(30)21-15-20(25-26-21)18-9-7-6-8-10-18/h6-16H,4-5H2,1-3H3,(H,25,26)(H,27,30)(H2,24,28,31)/t16-/m1/s1. The summed E-state index contributed by atoms with van der Waals surface area (Å²) in [5.41, 5.74) is 6.98. The van der Waals surface area contributed by atoms with Gasteiger partial charge in [-0.1, -0.05) is 56.3 Å². The number of hydrazine groups is 1. The summed E-state index contributed by atoms with van der Waals surface area (Å²) >= 11 is 0. The highest BCUT2D eigenvalue weighted by Crippen LogP contribution is 2.19. The molecule has 1 aromatic heterocycles. The fraction of sp³-hybridized carbons (Fsp3) is 0.261. The Kier molecular flexibility index (Phi) is 8.03. The molecule has 0 saturated heterocycles. The average Bonchev–Trinajstić information content (AvgIpc) is 3.34. The lowest BCUT2D eigenvalue weighted by atomic mass is 10.1. The lowest BCUT2D eigenvalue weighted by Crippen LogP contribution is -2.47. The maximum absolute atomic E-state index is 12.6. The van der Waals surface area contributed by atoms with Gasteiger partial charge in [0.2, 0.25) is 10.0 Å². The van der Waals surface area contributed by atoms with Gasteiger partial charge in [0, 0.05) is 18.7 Å². The third kappa shape index (κ3) is 5.80.